The van der Waals surface area contributed by atoms with Crippen LogP contribution in [-0.2, 0) is 9.31 Å². The van der Waals surface area contributed by atoms with Crippen LogP contribution in [0.1, 0.15) is 33.3 Å². The first-order chi connectivity index (χ1) is 10.5. The lowest BCUT2D eigenvalue weighted by atomic mass is 9.74. The van der Waals surface area contributed by atoms with Crippen LogP contribution in [-0.4, -0.2) is 43.0 Å². The van der Waals surface area contributed by atoms with Crippen molar-refractivity contribution in [3.63, 3.8) is 0 Å². The summed E-state index contributed by atoms with van der Waals surface area (Å²) in [5.41, 5.74) is 0.532. The van der Waals surface area contributed by atoms with Gasteiger partial charge < -0.3 is 19.6 Å². The number of allylic oxidation sites excluding steroid dienone is 1. The van der Waals surface area contributed by atoms with Crippen LogP contribution in [0.4, 0.5) is 4.39 Å². The molecule has 0 atom stereocenters. The van der Waals surface area contributed by atoms with Crippen molar-refractivity contribution in [3.05, 3.63) is 47.3 Å². The van der Waals surface area contributed by atoms with E-state index in [1.54, 1.807) is 12.1 Å². The van der Waals surface area contributed by atoms with Gasteiger partial charge in [0.25, 0.3) is 0 Å². The second-order valence-electron chi connectivity index (χ2n) is 7.02. The van der Waals surface area contributed by atoms with Crippen molar-refractivity contribution >= 4 is 12.8 Å². The van der Waals surface area contributed by atoms with Crippen LogP contribution >= 0.6 is 0 Å². The minimum Gasteiger partial charge on any atom is -0.399 e. The van der Waals surface area contributed by atoms with Gasteiger partial charge in [0.05, 0.1) is 16.9 Å². The van der Waals surface area contributed by atoms with Crippen molar-refractivity contribution in [2.75, 3.05) is 14.1 Å². The topological polar surface area (TPSA) is 45.6 Å². The lowest BCUT2D eigenvalue weighted by molar-refractivity contribution is 0.00578. The Balaban J connectivity index is 2.36. The summed E-state index contributed by atoms with van der Waals surface area (Å²) in [6.07, 6.45) is 1.81. The largest absolute Gasteiger partial charge is 0.498 e. The van der Waals surface area contributed by atoms with Gasteiger partial charge in [-0.25, -0.2) is 4.39 Å². The minimum absolute atomic E-state index is 0.261. The van der Waals surface area contributed by atoms with Gasteiger partial charge in [-0.15, -0.1) is 0 Å². The number of benzene rings is 1. The monoisotopic (exact) mass is 318 g/mol. The minimum atomic E-state index is -0.639. The molecule has 0 amide bonds. The quantitative estimate of drug-likeness (QED) is 0.684. The van der Waals surface area contributed by atoms with E-state index in [1.807, 2.05) is 52.9 Å². The highest BCUT2D eigenvalue weighted by Crippen LogP contribution is 2.39. The van der Waals surface area contributed by atoms with Crippen molar-refractivity contribution in [2.24, 2.45) is 0 Å². The first-order valence-corrected chi connectivity index (χ1v) is 7.62. The first kappa shape index (κ1) is 17.7. The van der Waals surface area contributed by atoms with Gasteiger partial charge in [-0.1, -0.05) is 0 Å². The van der Waals surface area contributed by atoms with Gasteiger partial charge in [0.2, 0.25) is 0 Å². The molecule has 1 saturated heterocycles. The maximum absolute atomic E-state index is 13.1. The molecule has 0 unspecified atom stereocenters. The van der Waals surface area contributed by atoms with Crippen molar-refractivity contribution in [2.45, 2.75) is 38.9 Å². The van der Waals surface area contributed by atoms with E-state index in [2.05, 4.69) is 0 Å². The molecule has 1 N–H and O–H groups in total. The fourth-order valence-electron chi connectivity index (χ4n) is 2.27. The maximum atomic E-state index is 13.1. The van der Waals surface area contributed by atoms with Crippen molar-refractivity contribution < 1.29 is 13.7 Å². The third-order valence-corrected chi connectivity index (χ3v) is 4.33. The molecule has 0 bridgehead atoms. The summed E-state index contributed by atoms with van der Waals surface area (Å²) in [7, 11) is 3.12. The molecule has 0 aliphatic carbocycles. The zero-order chi connectivity index (χ0) is 17.4. The molecular weight excluding hydrogens is 294 g/mol. The average molecular weight is 318 g/mol. The van der Waals surface area contributed by atoms with Crippen LogP contribution in [0.25, 0.3) is 0 Å². The van der Waals surface area contributed by atoms with Crippen LogP contribution in [0.5, 0.6) is 0 Å². The Hall–Kier alpha value is -1.66. The molecule has 1 fully saturated rings. The molecule has 1 aliphatic heterocycles. The molecule has 0 spiro atoms. The van der Waals surface area contributed by atoms with E-state index < -0.39 is 18.3 Å². The maximum Gasteiger partial charge on any atom is 0.498 e. The molecule has 1 aliphatic rings. The number of nitrogens with one attached hydrogen (secondary N) is 1. The fraction of sp³-hybridized carbons (Fsp3) is 0.471. The Morgan fingerprint density at radius 1 is 1.09 bits per heavy atom. The fourth-order valence-corrected chi connectivity index (χ4v) is 2.27. The molecule has 1 aromatic carbocycles. The Kier molecular flexibility index (Phi) is 4.69. The van der Waals surface area contributed by atoms with Crippen molar-refractivity contribution in [3.8, 4) is 0 Å². The smallest absolute Gasteiger partial charge is 0.399 e. The Bertz CT molecular complexity index is 608. The summed E-state index contributed by atoms with van der Waals surface area (Å²) in [6.45, 7) is 7.90. The summed E-state index contributed by atoms with van der Waals surface area (Å²) >= 11 is 0. The molecule has 23 heavy (non-hydrogen) atoms. The molecule has 4 nitrogen and oxygen atoms in total. The van der Waals surface area contributed by atoms with E-state index in [0.29, 0.717) is 11.0 Å². The normalized spacial score (nSPS) is 19.8. The van der Waals surface area contributed by atoms with Gasteiger partial charge >= 0.3 is 7.12 Å². The van der Waals surface area contributed by atoms with Gasteiger partial charge in [-0.3, -0.25) is 0 Å². The number of hydrogen-bond donors (Lipinski definition) is 1. The molecule has 1 heterocycles. The van der Waals surface area contributed by atoms with E-state index in [0.717, 1.165) is 0 Å². The second-order valence-corrected chi connectivity index (χ2v) is 7.02. The molecule has 0 aromatic heterocycles. The average Bonchev–Trinajstić information content (AvgIpc) is 2.64. The SMILES string of the molecule is CN(C)/C=C(/B1OC(C)(C)C(C)(C)O1)C(=N)c1ccc(F)cc1. The van der Waals surface area contributed by atoms with Crippen molar-refractivity contribution in [1.82, 2.24) is 4.90 Å². The van der Waals surface area contributed by atoms with Gasteiger partial charge in [0, 0.05) is 25.8 Å². The van der Waals surface area contributed by atoms with E-state index in [1.165, 1.54) is 12.1 Å². The zero-order valence-electron chi connectivity index (χ0n) is 14.6. The van der Waals surface area contributed by atoms with Crippen LogP contribution < -0.4 is 0 Å². The van der Waals surface area contributed by atoms with Gasteiger partial charge in [-0.2, -0.15) is 0 Å². The van der Waals surface area contributed by atoms with Crippen molar-refractivity contribution in [1.29, 1.82) is 5.41 Å². The highest BCUT2D eigenvalue weighted by atomic mass is 19.1. The standard InChI is InChI=1S/C17H24BFN2O2/c1-16(2)17(3,4)23-18(22-16)14(11-21(5)6)15(20)12-7-9-13(19)10-8-12/h7-11,20H,1-6H3/b14-11+,20-15?. The van der Waals surface area contributed by atoms with Crippen LogP contribution in [0.2, 0.25) is 0 Å². The molecule has 1 aromatic rings. The van der Waals surface area contributed by atoms with E-state index in [-0.39, 0.29) is 11.5 Å². The molecule has 124 valence electrons. The third kappa shape index (κ3) is 3.64. The predicted molar refractivity (Wildman–Crippen MR) is 91.1 cm³/mol. The molecule has 6 heteroatoms. The van der Waals surface area contributed by atoms with Crippen LogP contribution in [0.3, 0.4) is 0 Å². The predicted octanol–water partition coefficient (Wildman–Crippen LogP) is 3.27. The van der Waals surface area contributed by atoms with Crippen LogP contribution in [0.15, 0.2) is 35.9 Å². The summed E-state index contributed by atoms with van der Waals surface area (Å²) in [6, 6.07) is 5.88. The lowest BCUT2D eigenvalue weighted by Crippen LogP contribution is -2.41. The summed E-state index contributed by atoms with van der Waals surface area (Å²) in [5.74, 6) is -0.324. The summed E-state index contributed by atoms with van der Waals surface area (Å²) in [4.78, 5) is 1.85. The lowest BCUT2D eigenvalue weighted by Gasteiger charge is -2.32. The Labute approximate surface area is 137 Å². The zero-order valence-corrected chi connectivity index (χ0v) is 14.6. The summed E-state index contributed by atoms with van der Waals surface area (Å²) < 4.78 is 25.2. The van der Waals surface area contributed by atoms with Crippen LogP contribution in [0, 0.1) is 11.2 Å². The second kappa shape index (κ2) is 6.09. The van der Waals surface area contributed by atoms with Gasteiger partial charge in [0.15, 0.2) is 0 Å². The highest BCUT2D eigenvalue weighted by Gasteiger charge is 2.53. The molecule has 0 saturated carbocycles. The molecular formula is C17H24BFN2O2. The summed E-state index contributed by atoms with van der Waals surface area (Å²) in [5, 5.41) is 8.50. The molecule has 0 radical (unpaired) electrons. The Morgan fingerprint density at radius 2 is 1.57 bits per heavy atom. The van der Waals surface area contributed by atoms with E-state index in [9.17, 15) is 4.39 Å². The van der Waals surface area contributed by atoms with Gasteiger partial charge in [0.1, 0.15) is 5.82 Å². The van der Waals surface area contributed by atoms with E-state index >= 15 is 0 Å². The van der Waals surface area contributed by atoms with Gasteiger partial charge in [-0.05, 0) is 57.5 Å². The first-order valence-electron chi connectivity index (χ1n) is 7.62. The number of rotatable bonds is 4. The number of halogens is 1. The molecule has 2 rings (SSSR count). The highest BCUT2D eigenvalue weighted by molar-refractivity contribution is 6.63. The number of hydrogen-bond acceptors (Lipinski definition) is 4. The number of nitrogens with zero attached hydrogens (tertiary/aromatic N) is 1. The van der Waals surface area contributed by atoms with E-state index in [4.69, 9.17) is 14.7 Å². The Morgan fingerprint density at radius 3 is 2.00 bits per heavy atom. The third-order valence-electron chi connectivity index (χ3n) is 4.33.